The molecule has 0 amide bonds. The normalized spacial score (nSPS) is 15.8. The molecule has 1 atom stereocenters. The van der Waals surface area contributed by atoms with Crippen LogP contribution in [-0.4, -0.2) is 15.6 Å². The largest absolute Gasteiger partial charge is 0.478 e. The Bertz CT molecular complexity index is 1090. The highest BCUT2D eigenvalue weighted by Crippen LogP contribution is 2.31. The number of carboxylic acid groups (broad SMARTS) is 1. The smallest absolute Gasteiger partial charge is 0.337 e. The molecule has 0 bridgehead atoms. The number of carboxylic acids is 1. The van der Waals surface area contributed by atoms with Crippen molar-refractivity contribution in [3.8, 4) is 0 Å². The number of fused-ring (bicyclic) bond motifs is 1. The van der Waals surface area contributed by atoms with Gasteiger partial charge in [-0.05, 0) is 61.9 Å². The molecule has 0 radical (unpaired) electrons. The van der Waals surface area contributed by atoms with Crippen LogP contribution in [0.15, 0.2) is 48.5 Å². The number of nitrogens with zero attached hydrogens (tertiary/aromatic N) is 1. The highest BCUT2D eigenvalue weighted by molar-refractivity contribution is 6.30. The van der Waals surface area contributed by atoms with Gasteiger partial charge in [0.2, 0.25) is 0 Å². The Kier molecular flexibility index (Phi) is 5.98. The molecule has 1 aliphatic rings. The summed E-state index contributed by atoms with van der Waals surface area (Å²) in [5.74, 6) is -0.874. The van der Waals surface area contributed by atoms with Crippen molar-refractivity contribution >= 4 is 17.6 Å². The molecule has 4 rings (SSSR count). The van der Waals surface area contributed by atoms with Crippen molar-refractivity contribution in [1.82, 2.24) is 9.88 Å². The summed E-state index contributed by atoms with van der Waals surface area (Å²) in [4.78, 5) is 12.1. The van der Waals surface area contributed by atoms with Crippen molar-refractivity contribution in [2.75, 3.05) is 0 Å². The van der Waals surface area contributed by atoms with Crippen molar-refractivity contribution in [3.63, 3.8) is 0 Å². The van der Waals surface area contributed by atoms with Gasteiger partial charge in [0.05, 0.1) is 5.56 Å². The molecule has 0 unspecified atom stereocenters. The summed E-state index contributed by atoms with van der Waals surface area (Å²) in [6, 6.07) is 16.5. The van der Waals surface area contributed by atoms with Gasteiger partial charge in [-0.2, -0.15) is 0 Å². The van der Waals surface area contributed by atoms with Gasteiger partial charge in [-0.15, -0.1) is 0 Å². The number of aromatic nitrogens is 1. The van der Waals surface area contributed by atoms with E-state index in [0.29, 0.717) is 23.7 Å². The van der Waals surface area contributed by atoms with E-state index in [2.05, 4.69) is 34.1 Å². The molecule has 1 aromatic heterocycles. The minimum atomic E-state index is -0.874. The lowest BCUT2D eigenvalue weighted by molar-refractivity contribution is 0.0694. The molecular weight excluding hydrogens is 396 g/mol. The maximum absolute atomic E-state index is 12.1. The molecule has 0 saturated carbocycles. The topological polar surface area (TPSA) is 54.3 Å². The maximum atomic E-state index is 12.1. The van der Waals surface area contributed by atoms with Gasteiger partial charge in [-0.1, -0.05) is 48.0 Å². The fourth-order valence-electron chi connectivity index (χ4n) is 4.70. The molecule has 0 fully saturated rings. The van der Waals surface area contributed by atoms with Crippen LogP contribution in [0.25, 0.3) is 0 Å². The van der Waals surface area contributed by atoms with E-state index in [1.54, 1.807) is 0 Å². The number of hydrogen-bond donors (Lipinski definition) is 2. The quantitative estimate of drug-likeness (QED) is 0.538. The van der Waals surface area contributed by atoms with Crippen molar-refractivity contribution in [1.29, 1.82) is 0 Å². The molecule has 156 valence electrons. The van der Waals surface area contributed by atoms with E-state index in [9.17, 15) is 9.90 Å². The average Bonchev–Trinajstić information content (AvgIpc) is 2.96. The molecule has 2 aromatic carbocycles. The maximum Gasteiger partial charge on any atom is 0.337 e. The summed E-state index contributed by atoms with van der Waals surface area (Å²) in [5, 5.41) is 14.3. The van der Waals surface area contributed by atoms with Crippen molar-refractivity contribution in [2.45, 2.75) is 52.2 Å². The minimum Gasteiger partial charge on any atom is -0.478 e. The van der Waals surface area contributed by atoms with Crippen LogP contribution >= 0.6 is 11.6 Å². The Morgan fingerprint density at radius 2 is 1.97 bits per heavy atom. The molecule has 3 aromatic rings. The molecule has 5 heteroatoms. The van der Waals surface area contributed by atoms with E-state index in [1.807, 2.05) is 38.1 Å². The molecular formula is C25H27ClN2O2. The van der Waals surface area contributed by atoms with Gasteiger partial charge in [0.15, 0.2) is 0 Å². The monoisotopic (exact) mass is 422 g/mol. The first-order valence-electron chi connectivity index (χ1n) is 10.4. The Morgan fingerprint density at radius 3 is 2.73 bits per heavy atom. The Morgan fingerprint density at radius 1 is 1.17 bits per heavy atom. The van der Waals surface area contributed by atoms with Gasteiger partial charge in [0.25, 0.3) is 0 Å². The number of hydrogen-bond acceptors (Lipinski definition) is 2. The van der Waals surface area contributed by atoms with Gasteiger partial charge < -0.3 is 15.0 Å². The van der Waals surface area contributed by atoms with E-state index in [-0.39, 0.29) is 6.04 Å². The third-order valence-electron chi connectivity index (χ3n) is 6.25. The van der Waals surface area contributed by atoms with Crippen LogP contribution in [-0.2, 0) is 19.5 Å². The van der Waals surface area contributed by atoms with Crippen LogP contribution < -0.4 is 5.32 Å². The fourth-order valence-corrected chi connectivity index (χ4v) is 4.91. The van der Waals surface area contributed by atoms with E-state index in [1.165, 1.54) is 11.1 Å². The molecule has 4 nitrogen and oxygen atoms in total. The SMILES string of the molecule is Cc1c(CN[C@@H]2CCCc3ccccc32)c(C(=O)O)c(C)n1Cc1cccc(Cl)c1. The summed E-state index contributed by atoms with van der Waals surface area (Å²) in [6.45, 7) is 5.04. The zero-order valence-corrected chi connectivity index (χ0v) is 18.2. The van der Waals surface area contributed by atoms with Crippen LogP contribution in [0, 0.1) is 13.8 Å². The Balaban J connectivity index is 1.63. The molecule has 0 aliphatic heterocycles. The zero-order chi connectivity index (χ0) is 21.3. The lowest BCUT2D eigenvalue weighted by Gasteiger charge is -2.26. The standard InChI is InChI=1S/C25H27ClN2O2/c1-16-22(14-27-23-12-6-9-19-8-3-4-11-21(19)23)24(25(29)30)17(2)28(16)15-18-7-5-10-20(26)13-18/h3-5,7-8,10-11,13,23,27H,6,9,12,14-15H2,1-2H3,(H,29,30)/t23-/m1/s1. The summed E-state index contributed by atoms with van der Waals surface area (Å²) >= 11 is 6.14. The number of halogens is 1. The summed E-state index contributed by atoms with van der Waals surface area (Å²) in [6.07, 6.45) is 3.33. The fraction of sp³-hybridized carbons (Fsp3) is 0.320. The van der Waals surface area contributed by atoms with E-state index >= 15 is 0 Å². The van der Waals surface area contributed by atoms with Crippen LogP contribution in [0.2, 0.25) is 5.02 Å². The number of aryl methyl sites for hydroxylation is 1. The van der Waals surface area contributed by atoms with E-state index in [4.69, 9.17) is 11.6 Å². The molecule has 0 saturated heterocycles. The lowest BCUT2D eigenvalue weighted by atomic mass is 9.87. The predicted molar refractivity (Wildman–Crippen MR) is 120 cm³/mol. The van der Waals surface area contributed by atoms with Gasteiger partial charge in [-0.25, -0.2) is 4.79 Å². The summed E-state index contributed by atoms with van der Waals surface area (Å²) in [5.41, 5.74) is 6.83. The molecule has 1 aliphatic carbocycles. The van der Waals surface area contributed by atoms with Gasteiger partial charge in [0, 0.05) is 41.1 Å². The number of rotatable bonds is 6. The van der Waals surface area contributed by atoms with Gasteiger partial charge in [-0.3, -0.25) is 0 Å². The first-order valence-corrected chi connectivity index (χ1v) is 10.8. The van der Waals surface area contributed by atoms with Gasteiger partial charge in [0.1, 0.15) is 0 Å². The van der Waals surface area contributed by atoms with E-state index < -0.39 is 5.97 Å². The zero-order valence-electron chi connectivity index (χ0n) is 17.4. The molecule has 30 heavy (non-hydrogen) atoms. The van der Waals surface area contributed by atoms with Crippen molar-refractivity contribution < 1.29 is 9.90 Å². The number of nitrogens with one attached hydrogen (secondary N) is 1. The average molecular weight is 423 g/mol. The van der Waals surface area contributed by atoms with E-state index in [0.717, 1.165) is 41.8 Å². The summed E-state index contributed by atoms with van der Waals surface area (Å²) in [7, 11) is 0. The first-order chi connectivity index (χ1) is 14.5. The molecule has 1 heterocycles. The van der Waals surface area contributed by atoms with Crippen LogP contribution in [0.3, 0.4) is 0 Å². The Hall–Kier alpha value is -2.56. The van der Waals surface area contributed by atoms with Crippen molar-refractivity contribution in [3.05, 3.63) is 92.8 Å². The third-order valence-corrected chi connectivity index (χ3v) is 6.48. The second-order valence-corrected chi connectivity index (χ2v) is 8.51. The van der Waals surface area contributed by atoms with Crippen LogP contribution in [0.4, 0.5) is 0 Å². The minimum absolute atomic E-state index is 0.257. The highest BCUT2D eigenvalue weighted by atomic mass is 35.5. The molecule has 2 N–H and O–H groups in total. The second-order valence-electron chi connectivity index (χ2n) is 8.07. The highest BCUT2D eigenvalue weighted by Gasteiger charge is 2.25. The van der Waals surface area contributed by atoms with Crippen LogP contribution in [0.1, 0.15) is 62.9 Å². The Labute approximate surface area is 182 Å². The third kappa shape index (κ3) is 4.03. The summed E-state index contributed by atoms with van der Waals surface area (Å²) < 4.78 is 2.08. The lowest BCUT2D eigenvalue weighted by Crippen LogP contribution is -2.25. The van der Waals surface area contributed by atoms with Crippen molar-refractivity contribution in [2.24, 2.45) is 0 Å². The number of aromatic carboxylic acids is 1. The number of carbonyl (C=O) groups is 1. The second kappa shape index (κ2) is 8.66. The predicted octanol–water partition coefficient (Wildman–Crippen LogP) is 5.67. The number of benzene rings is 2. The first kappa shape index (κ1) is 20.7. The van der Waals surface area contributed by atoms with Gasteiger partial charge >= 0.3 is 5.97 Å². The molecule has 0 spiro atoms. The van der Waals surface area contributed by atoms with Crippen LogP contribution in [0.5, 0.6) is 0 Å².